The van der Waals surface area contributed by atoms with E-state index >= 15 is 0 Å². The number of rotatable bonds is 6. The van der Waals surface area contributed by atoms with Crippen molar-refractivity contribution >= 4 is 78.7 Å². The van der Waals surface area contributed by atoms with Crippen LogP contribution in [0.5, 0.6) is 11.5 Å². The van der Waals surface area contributed by atoms with Crippen LogP contribution < -0.4 is 4.74 Å². The maximum absolute atomic E-state index is 14.4. The minimum atomic E-state index is -1.94. The number of piperidine rings is 1. The van der Waals surface area contributed by atoms with E-state index < -0.39 is 45.2 Å². The number of carbonyl (C=O) groups excluding carboxylic acids is 4. The Kier molecular flexibility index (Phi) is 8.56. The Morgan fingerprint density at radius 2 is 1.70 bits per heavy atom. The van der Waals surface area contributed by atoms with Gasteiger partial charge in [-0.1, -0.05) is 57.9 Å². The molecule has 13 heteroatoms. The van der Waals surface area contributed by atoms with Gasteiger partial charge in [0.15, 0.2) is 21.2 Å². The summed E-state index contributed by atoms with van der Waals surface area (Å²) in [4.78, 5) is 57.4. The van der Waals surface area contributed by atoms with Gasteiger partial charge in [0.1, 0.15) is 0 Å². The zero-order valence-corrected chi connectivity index (χ0v) is 30.2. The number of fused-ring (bicyclic) bond motifs is 4. The van der Waals surface area contributed by atoms with E-state index in [1.807, 2.05) is 24.3 Å². The number of halogens is 4. The summed E-state index contributed by atoms with van der Waals surface area (Å²) in [6.45, 7) is 2.33. The Labute approximate surface area is 299 Å². The Morgan fingerprint density at radius 1 is 1.00 bits per heavy atom. The highest BCUT2D eigenvalue weighted by atomic mass is 79.9. The molecule has 0 radical (unpaired) electrons. The quantitative estimate of drug-likeness (QED) is 0.177. The van der Waals surface area contributed by atoms with Crippen LogP contribution in [0.25, 0.3) is 0 Å². The number of amides is 4. The lowest BCUT2D eigenvalue weighted by atomic mass is 9.56. The van der Waals surface area contributed by atoms with Crippen molar-refractivity contribution in [3.8, 4) is 11.5 Å². The molecule has 0 spiro atoms. The molecule has 3 heterocycles. The maximum atomic E-state index is 14.4. The van der Waals surface area contributed by atoms with E-state index in [4.69, 9.17) is 27.9 Å². The highest BCUT2D eigenvalue weighted by molar-refractivity contribution is 9.10. The van der Waals surface area contributed by atoms with Gasteiger partial charge in [0.2, 0.25) is 11.8 Å². The topological polar surface area (TPSA) is 107 Å². The zero-order valence-electron chi connectivity index (χ0n) is 25.5. The second kappa shape index (κ2) is 12.2. The molecule has 3 aliphatic heterocycles. The summed E-state index contributed by atoms with van der Waals surface area (Å²) in [7, 11) is 1.40. The lowest BCUT2D eigenvalue weighted by Crippen LogP contribution is -2.60. The normalized spacial score (nSPS) is 32.7. The van der Waals surface area contributed by atoms with Crippen LogP contribution in [0.15, 0.2) is 58.6 Å². The summed E-state index contributed by atoms with van der Waals surface area (Å²) in [5, 5.41) is 10.6. The fourth-order valence-corrected chi connectivity index (χ4v) is 10.5. The number of allylic oxidation sites excluding steroid dienone is 2. The molecule has 248 valence electrons. The zero-order chi connectivity index (χ0) is 33.4. The van der Waals surface area contributed by atoms with E-state index in [1.54, 1.807) is 12.1 Å². The lowest BCUT2D eigenvalue weighted by molar-refractivity contribution is -0.144. The molecule has 5 aliphatic rings. The van der Waals surface area contributed by atoms with Crippen LogP contribution in [0.3, 0.4) is 0 Å². The van der Waals surface area contributed by atoms with Crippen molar-refractivity contribution in [2.75, 3.05) is 25.7 Å². The second-order valence-electron chi connectivity index (χ2n) is 13.1. The van der Waals surface area contributed by atoms with Gasteiger partial charge in [-0.3, -0.25) is 33.9 Å². The molecule has 2 aromatic rings. The van der Waals surface area contributed by atoms with Crippen molar-refractivity contribution in [3.63, 3.8) is 0 Å². The molecule has 0 unspecified atom stereocenters. The molecular formula is C34H33Br2Cl2N3O6. The van der Waals surface area contributed by atoms with Gasteiger partial charge < -0.3 is 9.84 Å². The number of methoxy groups -OCH3 is 1. The van der Waals surface area contributed by atoms with E-state index in [0.717, 1.165) is 24.5 Å². The third kappa shape index (κ3) is 4.85. The summed E-state index contributed by atoms with van der Waals surface area (Å²) in [6.07, 6.45) is 3.49. The van der Waals surface area contributed by atoms with Crippen LogP contribution in [-0.4, -0.2) is 84.9 Å². The molecule has 6 atom stereocenters. The predicted molar refractivity (Wildman–Crippen MR) is 182 cm³/mol. The van der Waals surface area contributed by atoms with Crippen LogP contribution in [-0.2, 0) is 25.7 Å². The number of hydrogen-bond donors (Lipinski definition) is 1. The molecule has 4 fully saturated rings. The first-order valence-electron chi connectivity index (χ1n) is 15.7. The second-order valence-corrected chi connectivity index (χ2v) is 15.7. The van der Waals surface area contributed by atoms with E-state index in [-0.39, 0.29) is 41.2 Å². The fourth-order valence-electron chi connectivity index (χ4n) is 8.60. The van der Waals surface area contributed by atoms with E-state index in [2.05, 4.69) is 48.9 Å². The van der Waals surface area contributed by atoms with Crippen molar-refractivity contribution in [1.82, 2.24) is 14.7 Å². The summed E-state index contributed by atoms with van der Waals surface area (Å²) < 4.78 is 5.72. The van der Waals surface area contributed by atoms with Crippen LogP contribution in [0.1, 0.15) is 42.7 Å². The number of aromatic hydroxyl groups is 1. The number of benzene rings is 2. The summed E-state index contributed by atoms with van der Waals surface area (Å²) in [5.74, 6) is -4.65. The number of ether oxygens (including phenoxy) is 1. The van der Waals surface area contributed by atoms with Crippen LogP contribution >= 0.6 is 55.1 Å². The molecular weight excluding hydrogens is 777 g/mol. The highest BCUT2D eigenvalue weighted by Crippen LogP contribution is 2.66. The third-order valence-corrected chi connectivity index (χ3v) is 13.3. The Morgan fingerprint density at radius 3 is 2.36 bits per heavy atom. The van der Waals surface area contributed by atoms with Gasteiger partial charge in [0, 0.05) is 31.6 Å². The average molecular weight is 810 g/mol. The van der Waals surface area contributed by atoms with E-state index in [1.165, 1.54) is 17.6 Å². The lowest BCUT2D eigenvalue weighted by Gasteiger charge is -2.50. The molecule has 2 aliphatic carbocycles. The fraction of sp³-hybridized carbons (Fsp3) is 0.471. The van der Waals surface area contributed by atoms with Crippen molar-refractivity contribution in [2.24, 2.45) is 17.8 Å². The predicted octanol–water partition coefficient (Wildman–Crippen LogP) is 5.54. The molecule has 3 saturated heterocycles. The smallest absolute Gasteiger partial charge is 0.254 e. The summed E-state index contributed by atoms with van der Waals surface area (Å²) >= 11 is 21.3. The molecule has 2 aromatic carbocycles. The maximum Gasteiger partial charge on any atom is 0.254 e. The van der Waals surface area contributed by atoms with Gasteiger partial charge in [0.05, 0.1) is 28.9 Å². The van der Waals surface area contributed by atoms with Gasteiger partial charge in [-0.2, -0.15) is 0 Å². The number of likely N-dealkylation sites (tertiary alicyclic amines) is 3. The van der Waals surface area contributed by atoms with Crippen LogP contribution in [0.2, 0.25) is 0 Å². The molecule has 1 N–H and O–H groups in total. The summed E-state index contributed by atoms with van der Waals surface area (Å²) in [6, 6.07) is 13.2. The number of alkyl halides is 3. The SMILES string of the molecule is COc1cc([C@H]2C3=CC[C@@H]4C(=O)N(C5CCN(Cc6ccccc6)CC5)C(=O)[C@@H]4[C@@H]3C[C@@]3(Cl)C(=O)N(CBr)C(=O)[C@@]23Cl)cc(Br)c1O. The summed E-state index contributed by atoms with van der Waals surface area (Å²) in [5.41, 5.74) is 2.29. The van der Waals surface area contributed by atoms with Crippen LogP contribution in [0, 0.1) is 17.8 Å². The minimum absolute atomic E-state index is 0.0750. The van der Waals surface area contributed by atoms with Gasteiger partial charge in [-0.05, 0) is 70.8 Å². The number of imide groups is 2. The first-order chi connectivity index (χ1) is 22.5. The standard InChI is InChI=1S/C34H33Br2Cl2N3O6/c1-47-25-14-19(13-24(36)28(25)42)27-21-7-8-22-26(23(21)15-33(37)31(45)40(17-35)32(46)34(27,33)38)30(44)41(29(22)43)20-9-11-39(12-10-20)16-18-5-3-2-4-6-18/h2-7,13-14,20,22-23,26-27,42H,8-12,15-17H2,1H3/t22-,23+,26-,27-,33+,34-/m0/s1. The molecule has 4 amide bonds. The number of carbonyl (C=O) groups is 4. The van der Waals surface area contributed by atoms with Gasteiger partial charge in [0.25, 0.3) is 11.8 Å². The van der Waals surface area contributed by atoms with Gasteiger partial charge in [-0.25, -0.2) is 0 Å². The van der Waals surface area contributed by atoms with Gasteiger partial charge in [-0.15, -0.1) is 23.2 Å². The molecule has 1 saturated carbocycles. The Bertz CT molecular complexity index is 1700. The highest BCUT2D eigenvalue weighted by Gasteiger charge is 2.76. The molecule has 47 heavy (non-hydrogen) atoms. The van der Waals surface area contributed by atoms with Crippen molar-refractivity contribution in [3.05, 3.63) is 69.7 Å². The monoisotopic (exact) mass is 807 g/mol. The van der Waals surface area contributed by atoms with E-state index in [0.29, 0.717) is 34.9 Å². The van der Waals surface area contributed by atoms with Crippen molar-refractivity contribution in [2.45, 2.75) is 53.9 Å². The Hall–Kier alpha value is -2.44. The molecule has 9 nitrogen and oxygen atoms in total. The van der Waals surface area contributed by atoms with E-state index in [9.17, 15) is 24.3 Å². The van der Waals surface area contributed by atoms with Crippen molar-refractivity contribution in [1.29, 1.82) is 0 Å². The first kappa shape index (κ1) is 33.1. The minimum Gasteiger partial charge on any atom is -0.503 e. The molecule has 0 aromatic heterocycles. The number of phenols is 1. The van der Waals surface area contributed by atoms with Gasteiger partial charge >= 0.3 is 0 Å². The first-order valence-corrected chi connectivity index (χ1v) is 18.3. The largest absolute Gasteiger partial charge is 0.503 e. The van der Waals surface area contributed by atoms with Crippen molar-refractivity contribution < 1.29 is 29.0 Å². The Balaban J connectivity index is 1.24. The molecule has 7 rings (SSSR count). The number of nitrogens with zero attached hydrogens (tertiary/aromatic N) is 3. The van der Waals surface area contributed by atoms with Crippen LogP contribution in [0.4, 0.5) is 0 Å². The number of phenolic OH excluding ortho intramolecular Hbond substituents is 1. The third-order valence-electron chi connectivity index (χ3n) is 10.8. The number of hydrogen-bond acceptors (Lipinski definition) is 7. The molecule has 0 bridgehead atoms. The average Bonchev–Trinajstić information content (AvgIpc) is 3.40.